The van der Waals surface area contributed by atoms with Gasteiger partial charge in [0.1, 0.15) is 17.8 Å². The number of β-amino-alcohol motifs (C(OH)–C–C–N with tert-alkyl or cyclic N) is 1. The molecule has 1 saturated heterocycles. The Morgan fingerprint density at radius 1 is 1.35 bits per heavy atom. The van der Waals surface area contributed by atoms with Gasteiger partial charge in [-0.15, -0.1) is 0 Å². The molecule has 0 unspecified atom stereocenters. The second kappa shape index (κ2) is 4.45. The molecule has 0 bridgehead atoms. The number of oxazole rings is 1. The Bertz CT molecular complexity index is 622. The molecule has 4 nitrogen and oxygen atoms in total. The van der Waals surface area contributed by atoms with Crippen LogP contribution in [0.2, 0.25) is 0 Å². The lowest BCUT2D eigenvalue weighted by atomic mass is 9.87. The van der Waals surface area contributed by atoms with Gasteiger partial charge in [-0.05, 0) is 23.1 Å². The summed E-state index contributed by atoms with van der Waals surface area (Å²) < 4.78 is 19.0. The van der Waals surface area contributed by atoms with Crippen molar-refractivity contribution < 1.29 is 13.9 Å². The van der Waals surface area contributed by atoms with Gasteiger partial charge < -0.3 is 14.4 Å². The number of nitrogens with zero attached hydrogens (tertiary/aromatic N) is 2. The van der Waals surface area contributed by atoms with E-state index in [2.05, 4.69) is 25.8 Å². The summed E-state index contributed by atoms with van der Waals surface area (Å²) in [5.41, 5.74) is 2.67. The molecule has 1 aromatic carbocycles. The van der Waals surface area contributed by atoms with E-state index in [1.807, 2.05) is 18.2 Å². The zero-order chi connectivity index (χ0) is 14.5. The van der Waals surface area contributed by atoms with Crippen LogP contribution in [0.5, 0.6) is 0 Å². The van der Waals surface area contributed by atoms with E-state index < -0.39 is 12.3 Å². The maximum atomic E-state index is 13.4. The van der Waals surface area contributed by atoms with Gasteiger partial charge >= 0.3 is 0 Å². The average molecular weight is 278 g/mol. The second-order valence-corrected chi connectivity index (χ2v) is 6.42. The number of alkyl halides is 1. The van der Waals surface area contributed by atoms with Crippen LogP contribution in [0.25, 0.3) is 11.1 Å². The molecule has 3 rings (SSSR count). The van der Waals surface area contributed by atoms with E-state index in [1.54, 1.807) is 4.90 Å². The molecule has 0 radical (unpaired) electrons. The van der Waals surface area contributed by atoms with E-state index in [-0.39, 0.29) is 18.5 Å². The van der Waals surface area contributed by atoms with Crippen LogP contribution in [0.15, 0.2) is 22.6 Å². The normalized spacial score (nSPS) is 23.8. The zero-order valence-corrected chi connectivity index (χ0v) is 11.9. The molecule has 1 aliphatic rings. The van der Waals surface area contributed by atoms with Gasteiger partial charge in [0.25, 0.3) is 6.01 Å². The number of aromatic nitrogens is 1. The Labute approximate surface area is 117 Å². The Kier molecular flexibility index (Phi) is 2.97. The van der Waals surface area contributed by atoms with Gasteiger partial charge in [-0.25, -0.2) is 4.39 Å². The summed E-state index contributed by atoms with van der Waals surface area (Å²) in [5, 5.41) is 9.47. The molecule has 0 aliphatic carbocycles. The highest BCUT2D eigenvalue weighted by Gasteiger charge is 2.33. The van der Waals surface area contributed by atoms with Gasteiger partial charge in [0.2, 0.25) is 0 Å². The summed E-state index contributed by atoms with van der Waals surface area (Å²) in [6.07, 6.45) is -2.20. The zero-order valence-electron chi connectivity index (χ0n) is 11.9. The van der Waals surface area contributed by atoms with Crippen molar-refractivity contribution in [1.29, 1.82) is 0 Å². The summed E-state index contributed by atoms with van der Waals surface area (Å²) in [5.74, 6) is 0. The Morgan fingerprint density at radius 2 is 2.10 bits per heavy atom. The van der Waals surface area contributed by atoms with Crippen LogP contribution in [-0.4, -0.2) is 35.5 Å². The molecule has 1 aromatic heterocycles. The van der Waals surface area contributed by atoms with Crippen LogP contribution in [0, 0.1) is 0 Å². The SMILES string of the molecule is CC(C)(C)c1ccc2oc(N3C[C@@H](O)[C@H](F)C3)nc2c1. The predicted octanol–water partition coefficient (Wildman–Crippen LogP) is 2.64. The van der Waals surface area contributed by atoms with Crippen molar-refractivity contribution in [3.05, 3.63) is 23.8 Å². The monoisotopic (exact) mass is 278 g/mol. The highest BCUT2D eigenvalue weighted by Crippen LogP contribution is 2.29. The van der Waals surface area contributed by atoms with Crippen LogP contribution in [0.4, 0.5) is 10.4 Å². The maximum absolute atomic E-state index is 13.4. The van der Waals surface area contributed by atoms with Gasteiger partial charge in [-0.1, -0.05) is 26.8 Å². The van der Waals surface area contributed by atoms with Crippen molar-refractivity contribution in [1.82, 2.24) is 4.98 Å². The standard InChI is InChI=1S/C15H19FN2O2/c1-15(2,3)9-4-5-13-11(6-9)17-14(20-13)18-7-10(16)12(19)8-18/h4-6,10,12,19H,7-8H2,1-3H3/t10-,12-/m1/s1. The van der Waals surface area contributed by atoms with E-state index in [1.165, 1.54) is 5.56 Å². The van der Waals surface area contributed by atoms with Crippen LogP contribution in [-0.2, 0) is 5.41 Å². The number of benzene rings is 1. The molecule has 2 heterocycles. The topological polar surface area (TPSA) is 49.5 Å². The van der Waals surface area contributed by atoms with E-state index in [0.717, 1.165) is 5.52 Å². The largest absolute Gasteiger partial charge is 0.423 e. The molecule has 1 N–H and O–H groups in total. The van der Waals surface area contributed by atoms with Gasteiger partial charge in [0.15, 0.2) is 5.58 Å². The smallest absolute Gasteiger partial charge is 0.298 e. The highest BCUT2D eigenvalue weighted by molar-refractivity contribution is 5.75. The predicted molar refractivity (Wildman–Crippen MR) is 75.8 cm³/mol. The van der Waals surface area contributed by atoms with Crippen LogP contribution < -0.4 is 4.90 Å². The Balaban J connectivity index is 1.95. The molecule has 20 heavy (non-hydrogen) atoms. The number of aliphatic hydroxyl groups excluding tert-OH is 1. The maximum Gasteiger partial charge on any atom is 0.298 e. The third-order valence-electron chi connectivity index (χ3n) is 3.73. The molecule has 5 heteroatoms. The minimum atomic E-state index is -1.24. The number of fused-ring (bicyclic) bond motifs is 1. The van der Waals surface area contributed by atoms with Crippen molar-refractivity contribution in [3.63, 3.8) is 0 Å². The number of halogens is 1. The first kappa shape index (κ1) is 13.4. The van der Waals surface area contributed by atoms with Gasteiger partial charge in [0.05, 0.1) is 13.1 Å². The summed E-state index contributed by atoms with van der Waals surface area (Å²) in [7, 11) is 0. The van der Waals surface area contributed by atoms with Crippen molar-refractivity contribution in [2.24, 2.45) is 0 Å². The number of anilines is 1. The number of rotatable bonds is 1. The van der Waals surface area contributed by atoms with Crippen LogP contribution >= 0.6 is 0 Å². The molecule has 108 valence electrons. The lowest BCUT2D eigenvalue weighted by Crippen LogP contribution is -2.21. The van der Waals surface area contributed by atoms with Crippen LogP contribution in [0.3, 0.4) is 0 Å². The molecule has 0 saturated carbocycles. The number of hydrogen-bond acceptors (Lipinski definition) is 4. The first-order chi connectivity index (χ1) is 9.34. The molecule has 1 aliphatic heterocycles. The van der Waals surface area contributed by atoms with Crippen molar-refractivity contribution in [2.75, 3.05) is 18.0 Å². The molecule has 0 spiro atoms. The third kappa shape index (κ3) is 2.26. The van der Waals surface area contributed by atoms with Crippen molar-refractivity contribution >= 4 is 17.1 Å². The molecule has 0 amide bonds. The van der Waals surface area contributed by atoms with Gasteiger partial charge in [0, 0.05) is 0 Å². The van der Waals surface area contributed by atoms with Crippen LogP contribution in [0.1, 0.15) is 26.3 Å². The van der Waals surface area contributed by atoms with E-state index in [9.17, 15) is 9.50 Å². The minimum Gasteiger partial charge on any atom is -0.423 e. The molecule has 1 fully saturated rings. The minimum absolute atomic E-state index is 0.0428. The molecular weight excluding hydrogens is 259 g/mol. The fourth-order valence-corrected chi connectivity index (χ4v) is 2.42. The van der Waals surface area contributed by atoms with E-state index in [4.69, 9.17) is 4.42 Å². The third-order valence-corrected chi connectivity index (χ3v) is 3.73. The van der Waals surface area contributed by atoms with Crippen molar-refractivity contribution in [2.45, 2.75) is 38.5 Å². The summed E-state index contributed by atoms with van der Waals surface area (Å²) >= 11 is 0. The first-order valence-electron chi connectivity index (χ1n) is 6.83. The van der Waals surface area contributed by atoms with Crippen molar-refractivity contribution in [3.8, 4) is 0 Å². The van der Waals surface area contributed by atoms with Gasteiger partial charge in [-0.3, -0.25) is 0 Å². The number of hydrogen-bond donors (Lipinski definition) is 1. The fraction of sp³-hybridized carbons (Fsp3) is 0.533. The molecule has 2 atom stereocenters. The molecule has 2 aromatic rings. The average Bonchev–Trinajstić information content (AvgIpc) is 2.91. The van der Waals surface area contributed by atoms with E-state index in [0.29, 0.717) is 11.6 Å². The lowest BCUT2D eigenvalue weighted by molar-refractivity contribution is 0.118. The second-order valence-electron chi connectivity index (χ2n) is 6.42. The van der Waals surface area contributed by atoms with Gasteiger partial charge in [-0.2, -0.15) is 4.98 Å². The highest BCUT2D eigenvalue weighted by atomic mass is 19.1. The first-order valence-corrected chi connectivity index (χ1v) is 6.83. The summed E-state index contributed by atoms with van der Waals surface area (Å²) in [6, 6.07) is 6.30. The number of aliphatic hydroxyl groups is 1. The quantitative estimate of drug-likeness (QED) is 0.871. The van der Waals surface area contributed by atoms with E-state index >= 15 is 0 Å². The summed E-state index contributed by atoms with van der Waals surface area (Å²) in [4.78, 5) is 6.06. The Morgan fingerprint density at radius 3 is 2.70 bits per heavy atom. The summed E-state index contributed by atoms with van der Waals surface area (Å²) in [6.45, 7) is 6.76. The molecular formula is C15H19FN2O2. The Hall–Kier alpha value is -1.62. The fourth-order valence-electron chi connectivity index (χ4n) is 2.42. The lowest BCUT2D eigenvalue weighted by Gasteiger charge is -2.18.